The van der Waals surface area contributed by atoms with Gasteiger partial charge in [-0.2, -0.15) is 0 Å². The van der Waals surface area contributed by atoms with Crippen LogP contribution in [0.5, 0.6) is 0 Å². The van der Waals surface area contributed by atoms with Crippen molar-refractivity contribution in [2.45, 2.75) is 6.92 Å². The van der Waals surface area contributed by atoms with Gasteiger partial charge in [0, 0.05) is 5.57 Å². The average Bonchev–Trinajstić information content (AvgIpc) is 1.63. The van der Waals surface area contributed by atoms with Gasteiger partial charge in [0.05, 0.1) is 0 Å². The van der Waals surface area contributed by atoms with Gasteiger partial charge >= 0.3 is 5.97 Å². The summed E-state index contributed by atoms with van der Waals surface area (Å²) in [5.41, 5.74) is 5.26. The average molecular weight is 164 g/mol. The fourth-order valence-corrected chi connectivity index (χ4v) is 0.206. The third-order valence-corrected chi connectivity index (χ3v) is 0.572. The van der Waals surface area contributed by atoms with Crippen LogP contribution in [0.3, 0.4) is 0 Å². The Balaban J connectivity index is 0. The summed E-state index contributed by atoms with van der Waals surface area (Å²) in [6, 6.07) is 0. The number of hydrogen-bond acceptors (Lipinski definition) is 3. The summed E-state index contributed by atoms with van der Waals surface area (Å²) in [6.45, 7) is 8.04. The van der Waals surface area contributed by atoms with Crippen molar-refractivity contribution in [3.05, 3.63) is 24.6 Å². The monoisotopic (exact) mass is 163 g/mol. The second-order valence-corrected chi connectivity index (χ2v) is 1.64. The molecule has 0 saturated carbocycles. The molecule has 0 aromatic rings. The van der Waals surface area contributed by atoms with Crippen LogP contribution in [0.25, 0.3) is 0 Å². The summed E-state index contributed by atoms with van der Waals surface area (Å²) in [7, 11) is 0. The Morgan fingerprint density at radius 1 is 1.50 bits per heavy atom. The van der Waals surface area contributed by atoms with Crippen LogP contribution in [0.1, 0.15) is 6.92 Å². The second kappa shape index (κ2) is 4.88. The molecule has 0 aromatic carbocycles. The lowest BCUT2D eigenvalue weighted by atomic mass is 10.4. The van der Waals surface area contributed by atoms with Gasteiger partial charge in [-0.05, 0) is 13.5 Å². The van der Waals surface area contributed by atoms with Crippen LogP contribution < -0.4 is 5.73 Å². The van der Waals surface area contributed by atoms with Crippen molar-refractivity contribution in [2.24, 2.45) is 5.73 Å². The summed E-state index contributed by atoms with van der Waals surface area (Å²) >= 11 is 0. The van der Waals surface area contributed by atoms with Crippen LogP contribution in [0.4, 0.5) is 0 Å². The highest BCUT2D eigenvalue weighted by atomic mass is 35.5. The number of carbonyl (C=O) groups excluding carboxylic acids is 1. The third kappa shape index (κ3) is 5.18. The maximum absolute atomic E-state index is 10.5. The molecule has 0 fully saturated rings. The molecule has 0 aliphatic heterocycles. The van der Waals surface area contributed by atoms with Crippen molar-refractivity contribution >= 4 is 18.4 Å². The largest absolute Gasteiger partial charge is 0.407 e. The van der Waals surface area contributed by atoms with Gasteiger partial charge < -0.3 is 10.5 Å². The Bertz CT molecular complexity index is 165. The molecule has 10 heavy (non-hydrogen) atoms. The number of ether oxygens (including phenoxy) is 1. The van der Waals surface area contributed by atoms with Crippen LogP contribution in [0.2, 0.25) is 0 Å². The zero-order chi connectivity index (χ0) is 7.44. The number of esters is 1. The van der Waals surface area contributed by atoms with E-state index in [9.17, 15) is 4.79 Å². The number of halogens is 1. The van der Waals surface area contributed by atoms with Gasteiger partial charge in [-0.3, -0.25) is 0 Å². The predicted octanol–water partition coefficient (Wildman–Crippen LogP) is 0.957. The van der Waals surface area contributed by atoms with Crippen molar-refractivity contribution in [3.63, 3.8) is 0 Å². The first-order valence-corrected chi connectivity index (χ1v) is 2.36. The third-order valence-electron chi connectivity index (χ3n) is 0.572. The summed E-state index contributed by atoms with van der Waals surface area (Å²) in [5, 5.41) is 0. The van der Waals surface area contributed by atoms with Gasteiger partial charge in [0.15, 0.2) is 5.88 Å². The molecule has 0 unspecified atom stereocenters. The number of hydrogen-bond donors (Lipinski definition) is 1. The van der Waals surface area contributed by atoms with Crippen molar-refractivity contribution in [2.75, 3.05) is 0 Å². The Labute approximate surface area is 66.0 Å². The minimum atomic E-state index is -0.539. The molecule has 58 valence electrons. The van der Waals surface area contributed by atoms with E-state index < -0.39 is 5.97 Å². The fourth-order valence-electron chi connectivity index (χ4n) is 0.206. The summed E-state index contributed by atoms with van der Waals surface area (Å²) in [5.74, 6) is -0.648. The molecule has 0 rings (SSSR count). The lowest BCUT2D eigenvalue weighted by Crippen LogP contribution is -2.09. The lowest BCUT2D eigenvalue weighted by molar-refractivity contribution is -0.134. The molecule has 0 amide bonds. The molecule has 0 atom stereocenters. The lowest BCUT2D eigenvalue weighted by Gasteiger charge is -1.99. The van der Waals surface area contributed by atoms with E-state index in [4.69, 9.17) is 5.73 Å². The normalized spacial score (nSPS) is 7.30. The molecule has 0 heterocycles. The summed E-state index contributed by atoms with van der Waals surface area (Å²) in [6.07, 6.45) is 0. The van der Waals surface area contributed by atoms with Gasteiger partial charge in [0.2, 0.25) is 0 Å². The highest BCUT2D eigenvalue weighted by Crippen LogP contribution is 1.93. The first-order chi connectivity index (χ1) is 4.04. The standard InChI is InChI=1S/C6H9NO2.ClH/c1-4(2)6(8)9-5(3)7;/h1,3,7H2,2H3;1H. The molecule has 0 aromatic heterocycles. The topological polar surface area (TPSA) is 52.3 Å². The van der Waals surface area contributed by atoms with Crippen molar-refractivity contribution in [1.29, 1.82) is 0 Å². The minimum Gasteiger partial charge on any atom is -0.407 e. The van der Waals surface area contributed by atoms with Gasteiger partial charge in [-0.15, -0.1) is 12.4 Å². The van der Waals surface area contributed by atoms with Crippen molar-refractivity contribution in [1.82, 2.24) is 0 Å². The van der Waals surface area contributed by atoms with Gasteiger partial charge in [-0.1, -0.05) is 6.58 Å². The Morgan fingerprint density at radius 2 is 1.90 bits per heavy atom. The van der Waals surface area contributed by atoms with Crippen LogP contribution >= 0.6 is 12.4 Å². The number of rotatable bonds is 2. The molecule has 0 spiro atoms. The highest BCUT2D eigenvalue weighted by Gasteiger charge is 2.01. The molecule has 3 nitrogen and oxygen atoms in total. The van der Waals surface area contributed by atoms with Crippen LogP contribution in [-0.2, 0) is 9.53 Å². The predicted molar refractivity (Wildman–Crippen MR) is 41.5 cm³/mol. The van der Waals surface area contributed by atoms with E-state index in [1.54, 1.807) is 0 Å². The van der Waals surface area contributed by atoms with Crippen LogP contribution in [0, 0.1) is 0 Å². The SMILES string of the molecule is C=C(N)OC(=O)C(=C)C.Cl. The maximum Gasteiger partial charge on any atom is 0.339 e. The summed E-state index contributed by atoms with van der Waals surface area (Å²) in [4.78, 5) is 10.5. The summed E-state index contributed by atoms with van der Waals surface area (Å²) < 4.78 is 4.36. The van der Waals surface area contributed by atoms with E-state index >= 15 is 0 Å². The van der Waals surface area contributed by atoms with E-state index in [0.717, 1.165) is 0 Å². The Kier molecular flexibility index (Phi) is 5.75. The Morgan fingerprint density at radius 3 is 2.00 bits per heavy atom. The number of nitrogens with two attached hydrogens (primary N) is 1. The van der Waals surface area contributed by atoms with Gasteiger partial charge in [0.25, 0.3) is 0 Å². The molecule has 0 aliphatic rings. The maximum atomic E-state index is 10.5. The van der Waals surface area contributed by atoms with Gasteiger partial charge in [-0.25, -0.2) is 4.79 Å². The number of carbonyl (C=O) groups is 1. The zero-order valence-corrected chi connectivity index (χ0v) is 6.53. The minimum absolute atomic E-state index is 0. The molecule has 0 radical (unpaired) electrons. The van der Waals surface area contributed by atoms with E-state index in [1.165, 1.54) is 6.92 Å². The van der Waals surface area contributed by atoms with E-state index in [1.807, 2.05) is 0 Å². The zero-order valence-electron chi connectivity index (χ0n) is 5.72. The fraction of sp³-hybridized carbons (Fsp3) is 0.167. The van der Waals surface area contributed by atoms with E-state index in [0.29, 0.717) is 5.57 Å². The first kappa shape index (κ1) is 11.8. The molecular formula is C6H10ClNO2. The van der Waals surface area contributed by atoms with Crippen LogP contribution in [-0.4, -0.2) is 5.97 Å². The molecular weight excluding hydrogens is 154 g/mol. The Hall–Kier alpha value is -0.960. The second-order valence-electron chi connectivity index (χ2n) is 1.64. The molecule has 2 N–H and O–H groups in total. The molecule has 0 saturated heterocycles. The smallest absolute Gasteiger partial charge is 0.339 e. The molecule has 4 heteroatoms. The first-order valence-electron chi connectivity index (χ1n) is 2.36. The van der Waals surface area contributed by atoms with E-state index in [2.05, 4.69) is 17.9 Å². The molecule has 0 bridgehead atoms. The van der Waals surface area contributed by atoms with Crippen LogP contribution in [0.15, 0.2) is 24.6 Å². The quantitative estimate of drug-likeness (QED) is 0.375. The molecule has 0 aliphatic carbocycles. The highest BCUT2D eigenvalue weighted by molar-refractivity contribution is 5.87. The van der Waals surface area contributed by atoms with E-state index in [-0.39, 0.29) is 18.3 Å². The van der Waals surface area contributed by atoms with Crippen molar-refractivity contribution < 1.29 is 9.53 Å². The van der Waals surface area contributed by atoms with Gasteiger partial charge in [0.1, 0.15) is 0 Å². The van der Waals surface area contributed by atoms with Crippen molar-refractivity contribution in [3.8, 4) is 0 Å².